The molecule has 1 rings (SSSR count). The van der Waals surface area contributed by atoms with E-state index in [1.165, 1.54) is 0 Å². The SMILES string of the molecule is CCOCCc1noc(C(O)CN)n1. The van der Waals surface area contributed by atoms with E-state index >= 15 is 0 Å². The molecule has 0 aliphatic rings. The minimum Gasteiger partial charge on any atom is -0.382 e. The zero-order valence-electron chi connectivity index (χ0n) is 8.14. The maximum absolute atomic E-state index is 9.26. The Bertz CT molecular complexity index is 264. The highest BCUT2D eigenvalue weighted by Crippen LogP contribution is 2.08. The summed E-state index contributed by atoms with van der Waals surface area (Å²) in [4.78, 5) is 3.97. The van der Waals surface area contributed by atoms with Gasteiger partial charge in [0.05, 0.1) is 6.61 Å². The Morgan fingerprint density at radius 2 is 2.43 bits per heavy atom. The molecule has 1 aromatic heterocycles. The number of ether oxygens (including phenoxy) is 1. The number of rotatable bonds is 6. The van der Waals surface area contributed by atoms with Crippen molar-refractivity contribution in [2.45, 2.75) is 19.4 Å². The molecule has 80 valence electrons. The predicted octanol–water partition coefficient (Wildman–Crippen LogP) is -0.359. The molecule has 0 radical (unpaired) electrons. The van der Waals surface area contributed by atoms with E-state index in [1.54, 1.807) is 0 Å². The Labute approximate surface area is 82.1 Å². The maximum atomic E-state index is 9.26. The molecule has 1 unspecified atom stereocenters. The van der Waals surface area contributed by atoms with Crippen LogP contribution in [0.3, 0.4) is 0 Å². The molecule has 0 aliphatic carbocycles. The molecular weight excluding hydrogens is 186 g/mol. The van der Waals surface area contributed by atoms with E-state index in [0.29, 0.717) is 25.5 Å². The Kier molecular flexibility index (Phi) is 4.51. The average Bonchev–Trinajstić information content (AvgIpc) is 2.66. The summed E-state index contributed by atoms with van der Waals surface area (Å²) in [6, 6.07) is 0. The van der Waals surface area contributed by atoms with Gasteiger partial charge < -0.3 is 20.1 Å². The van der Waals surface area contributed by atoms with Gasteiger partial charge in [-0.1, -0.05) is 5.16 Å². The van der Waals surface area contributed by atoms with Crippen LogP contribution in [0.25, 0.3) is 0 Å². The third-order valence-electron chi connectivity index (χ3n) is 1.67. The third-order valence-corrected chi connectivity index (χ3v) is 1.67. The van der Waals surface area contributed by atoms with E-state index < -0.39 is 6.10 Å². The molecule has 1 heterocycles. The van der Waals surface area contributed by atoms with Crippen molar-refractivity contribution in [1.29, 1.82) is 0 Å². The predicted molar refractivity (Wildman–Crippen MR) is 48.5 cm³/mol. The molecule has 6 nitrogen and oxygen atoms in total. The van der Waals surface area contributed by atoms with Gasteiger partial charge in [-0.15, -0.1) is 0 Å². The first-order valence-corrected chi connectivity index (χ1v) is 4.56. The molecule has 0 aromatic carbocycles. The smallest absolute Gasteiger partial charge is 0.256 e. The van der Waals surface area contributed by atoms with Crippen LogP contribution in [0.2, 0.25) is 0 Å². The Hall–Kier alpha value is -0.980. The maximum Gasteiger partial charge on any atom is 0.256 e. The first-order chi connectivity index (χ1) is 6.77. The summed E-state index contributed by atoms with van der Waals surface area (Å²) in [5.41, 5.74) is 5.23. The van der Waals surface area contributed by atoms with Gasteiger partial charge in [0, 0.05) is 19.6 Å². The fourth-order valence-electron chi connectivity index (χ4n) is 0.913. The summed E-state index contributed by atoms with van der Waals surface area (Å²) in [7, 11) is 0. The monoisotopic (exact) mass is 201 g/mol. The quantitative estimate of drug-likeness (QED) is 0.610. The van der Waals surface area contributed by atoms with Gasteiger partial charge in [-0.2, -0.15) is 4.98 Å². The lowest BCUT2D eigenvalue weighted by Gasteiger charge is -1.98. The normalized spacial score (nSPS) is 13.1. The molecule has 14 heavy (non-hydrogen) atoms. The van der Waals surface area contributed by atoms with Crippen LogP contribution < -0.4 is 5.73 Å². The molecule has 0 aliphatic heterocycles. The summed E-state index contributed by atoms with van der Waals surface area (Å²) in [6.45, 7) is 3.21. The molecule has 0 amide bonds. The number of aliphatic hydroxyl groups excluding tert-OH is 1. The highest BCUT2D eigenvalue weighted by Gasteiger charge is 2.13. The topological polar surface area (TPSA) is 94.4 Å². The zero-order chi connectivity index (χ0) is 10.4. The van der Waals surface area contributed by atoms with Gasteiger partial charge in [0.1, 0.15) is 6.10 Å². The molecular formula is C8H15N3O3. The number of hydrogen-bond acceptors (Lipinski definition) is 6. The van der Waals surface area contributed by atoms with E-state index in [4.69, 9.17) is 15.0 Å². The van der Waals surface area contributed by atoms with Gasteiger partial charge >= 0.3 is 0 Å². The second-order valence-electron chi connectivity index (χ2n) is 2.75. The van der Waals surface area contributed by atoms with Crippen molar-refractivity contribution < 1.29 is 14.4 Å². The van der Waals surface area contributed by atoms with Crippen LogP contribution in [-0.4, -0.2) is 35.0 Å². The Morgan fingerprint density at radius 3 is 3.07 bits per heavy atom. The zero-order valence-corrected chi connectivity index (χ0v) is 8.14. The minimum absolute atomic E-state index is 0.0765. The highest BCUT2D eigenvalue weighted by molar-refractivity contribution is 4.90. The van der Waals surface area contributed by atoms with Gasteiger partial charge in [0.15, 0.2) is 5.82 Å². The summed E-state index contributed by atoms with van der Waals surface area (Å²) < 4.78 is 9.93. The lowest BCUT2D eigenvalue weighted by molar-refractivity contribution is 0.141. The van der Waals surface area contributed by atoms with Crippen molar-refractivity contribution >= 4 is 0 Å². The van der Waals surface area contributed by atoms with Crippen LogP contribution >= 0.6 is 0 Å². The van der Waals surface area contributed by atoms with Crippen molar-refractivity contribution in [1.82, 2.24) is 10.1 Å². The second-order valence-corrected chi connectivity index (χ2v) is 2.75. The molecule has 0 bridgehead atoms. The van der Waals surface area contributed by atoms with E-state index in [9.17, 15) is 5.11 Å². The van der Waals surface area contributed by atoms with E-state index in [2.05, 4.69) is 10.1 Å². The number of nitrogens with two attached hydrogens (primary N) is 1. The van der Waals surface area contributed by atoms with E-state index in [0.717, 1.165) is 0 Å². The van der Waals surface area contributed by atoms with Gasteiger partial charge in [0.2, 0.25) is 0 Å². The summed E-state index contributed by atoms with van der Waals surface area (Å²) in [6.07, 6.45) is -0.294. The summed E-state index contributed by atoms with van der Waals surface area (Å²) in [5, 5.41) is 12.9. The Balaban J connectivity index is 2.42. The molecule has 0 spiro atoms. The van der Waals surface area contributed by atoms with Gasteiger partial charge in [0.25, 0.3) is 5.89 Å². The van der Waals surface area contributed by atoms with Crippen LogP contribution in [0.5, 0.6) is 0 Å². The van der Waals surface area contributed by atoms with Gasteiger partial charge in [-0.25, -0.2) is 0 Å². The number of nitrogens with zero attached hydrogens (tertiary/aromatic N) is 2. The second kappa shape index (κ2) is 5.69. The van der Waals surface area contributed by atoms with Crippen LogP contribution in [0, 0.1) is 0 Å². The van der Waals surface area contributed by atoms with Crippen LogP contribution in [0.15, 0.2) is 4.52 Å². The first-order valence-electron chi connectivity index (χ1n) is 4.56. The van der Waals surface area contributed by atoms with Crippen molar-refractivity contribution in [2.75, 3.05) is 19.8 Å². The summed E-state index contributed by atoms with van der Waals surface area (Å²) >= 11 is 0. The molecule has 6 heteroatoms. The van der Waals surface area contributed by atoms with Crippen molar-refractivity contribution in [3.63, 3.8) is 0 Å². The number of hydrogen-bond donors (Lipinski definition) is 2. The largest absolute Gasteiger partial charge is 0.382 e. The number of aromatic nitrogens is 2. The minimum atomic E-state index is -0.872. The van der Waals surface area contributed by atoms with Crippen molar-refractivity contribution in [3.8, 4) is 0 Å². The molecule has 3 N–H and O–H groups in total. The third kappa shape index (κ3) is 3.06. The van der Waals surface area contributed by atoms with E-state index in [-0.39, 0.29) is 12.4 Å². The van der Waals surface area contributed by atoms with Crippen LogP contribution in [0.1, 0.15) is 24.7 Å². The van der Waals surface area contributed by atoms with Gasteiger partial charge in [-0.05, 0) is 6.92 Å². The standard InChI is InChI=1S/C8H15N3O3/c1-2-13-4-3-7-10-8(14-11-7)6(12)5-9/h6,12H,2-5,9H2,1H3. The van der Waals surface area contributed by atoms with Crippen molar-refractivity contribution in [2.24, 2.45) is 5.73 Å². The molecule has 0 saturated carbocycles. The lowest BCUT2D eigenvalue weighted by atomic mass is 10.3. The molecule has 1 atom stereocenters. The first kappa shape index (κ1) is 11.1. The van der Waals surface area contributed by atoms with Crippen LogP contribution in [0.4, 0.5) is 0 Å². The number of aliphatic hydroxyl groups is 1. The highest BCUT2D eigenvalue weighted by atomic mass is 16.5. The van der Waals surface area contributed by atoms with E-state index in [1.807, 2.05) is 6.92 Å². The van der Waals surface area contributed by atoms with Gasteiger partial charge in [-0.3, -0.25) is 0 Å². The molecule has 0 fully saturated rings. The van der Waals surface area contributed by atoms with Crippen LogP contribution in [-0.2, 0) is 11.2 Å². The lowest BCUT2D eigenvalue weighted by Crippen LogP contribution is -2.11. The molecule has 1 aromatic rings. The van der Waals surface area contributed by atoms with Crippen molar-refractivity contribution in [3.05, 3.63) is 11.7 Å². The summed E-state index contributed by atoms with van der Waals surface area (Å²) in [5.74, 6) is 0.694. The average molecular weight is 201 g/mol. The Morgan fingerprint density at radius 1 is 1.64 bits per heavy atom. The fraction of sp³-hybridized carbons (Fsp3) is 0.750. The fourth-order valence-corrected chi connectivity index (χ4v) is 0.913. The molecule has 0 saturated heterocycles.